The van der Waals surface area contributed by atoms with Crippen molar-refractivity contribution in [1.82, 2.24) is 4.57 Å². The number of carbonyl (C=O) groups excluding carboxylic acids is 2. The van der Waals surface area contributed by atoms with Gasteiger partial charge in [0.05, 0.1) is 5.52 Å². The standard InChI is InChI=1S/C12H8FNO2/c1-8(13)12(16)14-6-9(7-15)10-4-2-3-5-11(10)14/h2-7H,1H2. The molecule has 0 N–H and O–H groups in total. The van der Waals surface area contributed by atoms with Crippen molar-refractivity contribution >= 4 is 23.1 Å². The average molecular weight is 217 g/mol. The molecule has 0 fully saturated rings. The van der Waals surface area contributed by atoms with Crippen LogP contribution in [-0.2, 0) is 0 Å². The maximum Gasteiger partial charge on any atom is 0.290 e. The largest absolute Gasteiger partial charge is 0.298 e. The van der Waals surface area contributed by atoms with Crippen molar-refractivity contribution in [2.45, 2.75) is 0 Å². The van der Waals surface area contributed by atoms with Crippen molar-refractivity contribution in [3.63, 3.8) is 0 Å². The molecule has 3 nitrogen and oxygen atoms in total. The second-order valence-corrected chi connectivity index (χ2v) is 3.30. The van der Waals surface area contributed by atoms with E-state index in [1.165, 1.54) is 6.20 Å². The van der Waals surface area contributed by atoms with E-state index in [-0.39, 0.29) is 0 Å². The van der Waals surface area contributed by atoms with Gasteiger partial charge in [-0.25, -0.2) is 4.39 Å². The van der Waals surface area contributed by atoms with Gasteiger partial charge in [-0.1, -0.05) is 24.8 Å². The topological polar surface area (TPSA) is 39.1 Å². The van der Waals surface area contributed by atoms with E-state index in [2.05, 4.69) is 6.58 Å². The van der Waals surface area contributed by atoms with E-state index in [1.54, 1.807) is 24.3 Å². The van der Waals surface area contributed by atoms with Gasteiger partial charge in [-0.2, -0.15) is 0 Å². The molecule has 0 atom stereocenters. The average Bonchev–Trinajstić information content (AvgIpc) is 2.66. The van der Waals surface area contributed by atoms with E-state index >= 15 is 0 Å². The summed E-state index contributed by atoms with van der Waals surface area (Å²) in [4.78, 5) is 22.2. The van der Waals surface area contributed by atoms with E-state index in [1.807, 2.05) is 0 Å². The summed E-state index contributed by atoms with van der Waals surface area (Å²) >= 11 is 0. The Morgan fingerprint density at radius 3 is 2.69 bits per heavy atom. The SMILES string of the molecule is C=C(F)C(=O)n1cc(C=O)c2ccccc21. The van der Waals surface area contributed by atoms with Gasteiger partial charge < -0.3 is 0 Å². The molecular formula is C12H8FNO2. The Kier molecular flexibility index (Phi) is 2.40. The molecule has 1 heterocycles. The number of halogens is 1. The van der Waals surface area contributed by atoms with Crippen molar-refractivity contribution in [2.75, 3.05) is 0 Å². The first-order valence-electron chi connectivity index (χ1n) is 4.59. The summed E-state index contributed by atoms with van der Waals surface area (Å²) in [5.74, 6) is -1.91. The number of aromatic nitrogens is 1. The first kappa shape index (κ1) is 10.3. The fourth-order valence-electron chi connectivity index (χ4n) is 1.60. The fraction of sp³-hybridized carbons (Fsp3) is 0. The number of benzene rings is 1. The van der Waals surface area contributed by atoms with Crippen molar-refractivity contribution in [3.05, 3.63) is 48.4 Å². The molecule has 80 valence electrons. The van der Waals surface area contributed by atoms with Crippen LogP contribution in [0, 0.1) is 0 Å². The van der Waals surface area contributed by atoms with Crippen molar-refractivity contribution in [2.24, 2.45) is 0 Å². The van der Waals surface area contributed by atoms with Crippen LogP contribution < -0.4 is 0 Å². The Morgan fingerprint density at radius 2 is 2.06 bits per heavy atom. The van der Waals surface area contributed by atoms with E-state index in [4.69, 9.17) is 0 Å². The number of fused-ring (bicyclic) bond motifs is 1. The summed E-state index contributed by atoms with van der Waals surface area (Å²) < 4.78 is 13.9. The zero-order valence-electron chi connectivity index (χ0n) is 8.31. The molecule has 4 heteroatoms. The Morgan fingerprint density at radius 1 is 1.38 bits per heavy atom. The summed E-state index contributed by atoms with van der Waals surface area (Å²) in [5, 5.41) is 0.618. The quantitative estimate of drug-likeness (QED) is 0.572. The summed E-state index contributed by atoms with van der Waals surface area (Å²) in [6.45, 7) is 2.95. The van der Waals surface area contributed by atoms with Gasteiger partial charge in [-0.3, -0.25) is 14.2 Å². The van der Waals surface area contributed by atoms with Gasteiger partial charge in [0.25, 0.3) is 5.91 Å². The Bertz CT molecular complexity index is 598. The highest BCUT2D eigenvalue weighted by molar-refractivity contribution is 6.05. The molecule has 0 spiro atoms. The number of carbonyl (C=O) groups is 2. The molecule has 2 rings (SSSR count). The van der Waals surface area contributed by atoms with Crippen LogP contribution in [-0.4, -0.2) is 16.8 Å². The van der Waals surface area contributed by atoms with Crippen LogP contribution in [0.4, 0.5) is 4.39 Å². The number of nitrogens with zero attached hydrogens (tertiary/aromatic N) is 1. The minimum Gasteiger partial charge on any atom is -0.298 e. The normalized spacial score (nSPS) is 10.3. The molecule has 0 aliphatic heterocycles. The Labute approximate surface area is 90.8 Å². The van der Waals surface area contributed by atoms with Gasteiger partial charge in [-0.05, 0) is 6.07 Å². The lowest BCUT2D eigenvalue weighted by atomic mass is 10.2. The summed E-state index contributed by atoms with van der Waals surface area (Å²) in [5.41, 5.74) is 0.846. The minimum atomic E-state index is -1.06. The zero-order chi connectivity index (χ0) is 11.7. The third kappa shape index (κ3) is 1.44. The third-order valence-corrected chi connectivity index (χ3v) is 2.32. The minimum absolute atomic E-state index is 0.352. The Hall–Kier alpha value is -2.23. The van der Waals surface area contributed by atoms with E-state index in [0.29, 0.717) is 22.8 Å². The van der Waals surface area contributed by atoms with Crippen LogP contribution >= 0.6 is 0 Å². The molecule has 0 radical (unpaired) electrons. The first-order chi connectivity index (χ1) is 7.65. The smallest absolute Gasteiger partial charge is 0.290 e. The van der Waals surface area contributed by atoms with Crippen LogP contribution in [0.5, 0.6) is 0 Å². The molecule has 0 unspecified atom stereocenters. The van der Waals surface area contributed by atoms with Gasteiger partial charge in [-0.15, -0.1) is 0 Å². The van der Waals surface area contributed by atoms with E-state index in [9.17, 15) is 14.0 Å². The highest BCUT2D eigenvalue weighted by Crippen LogP contribution is 2.20. The summed E-state index contributed by atoms with van der Waals surface area (Å²) in [7, 11) is 0. The number of para-hydroxylation sites is 1. The molecule has 0 amide bonds. The monoisotopic (exact) mass is 217 g/mol. The molecule has 1 aromatic carbocycles. The zero-order valence-corrected chi connectivity index (χ0v) is 8.31. The molecule has 1 aromatic heterocycles. The molecule has 2 aromatic rings. The fourth-order valence-corrected chi connectivity index (χ4v) is 1.60. The predicted molar refractivity (Wildman–Crippen MR) is 58.2 cm³/mol. The van der Waals surface area contributed by atoms with Crippen molar-refractivity contribution < 1.29 is 14.0 Å². The van der Waals surface area contributed by atoms with E-state index < -0.39 is 11.7 Å². The van der Waals surface area contributed by atoms with Crippen molar-refractivity contribution in [1.29, 1.82) is 0 Å². The van der Waals surface area contributed by atoms with Crippen LogP contribution in [0.25, 0.3) is 10.9 Å². The molecule has 0 aliphatic carbocycles. The number of allylic oxidation sites excluding steroid dienone is 1. The van der Waals surface area contributed by atoms with E-state index in [0.717, 1.165) is 4.57 Å². The lowest BCUT2D eigenvalue weighted by molar-refractivity contribution is 0.0933. The van der Waals surface area contributed by atoms with Gasteiger partial charge in [0, 0.05) is 17.1 Å². The van der Waals surface area contributed by atoms with Gasteiger partial charge >= 0.3 is 0 Å². The number of hydrogen-bond acceptors (Lipinski definition) is 2. The highest BCUT2D eigenvalue weighted by Gasteiger charge is 2.14. The highest BCUT2D eigenvalue weighted by atomic mass is 19.1. The Balaban J connectivity index is 2.76. The second kappa shape index (κ2) is 3.73. The number of aldehydes is 1. The number of rotatable bonds is 2. The second-order valence-electron chi connectivity index (χ2n) is 3.30. The maximum absolute atomic E-state index is 12.8. The third-order valence-electron chi connectivity index (χ3n) is 2.32. The van der Waals surface area contributed by atoms with Crippen LogP contribution in [0.3, 0.4) is 0 Å². The summed E-state index contributed by atoms with van der Waals surface area (Å²) in [6, 6.07) is 6.79. The van der Waals surface area contributed by atoms with Crippen LogP contribution in [0.2, 0.25) is 0 Å². The predicted octanol–water partition coefficient (Wildman–Crippen LogP) is 2.58. The molecule has 0 saturated carbocycles. The van der Waals surface area contributed by atoms with Gasteiger partial charge in [0.2, 0.25) is 0 Å². The lowest BCUT2D eigenvalue weighted by Crippen LogP contribution is -2.08. The molecule has 0 bridgehead atoms. The molecular weight excluding hydrogens is 209 g/mol. The number of hydrogen-bond donors (Lipinski definition) is 0. The van der Waals surface area contributed by atoms with Gasteiger partial charge in [0.1, 0.15) is 0 Å². The maximum atomic E-state index is 12.8. The van der Waals surface area contributed by atoms with Gasteiger partial charge in [0.15, 0.2) is 12.1 Å². The van der Waals surface area contributed by atoms with Crippen LogP contribution in [0.1, 0.15) is 15.2 Å². The lowest BCUT2D eigenvalue weighted by Gasteiger charge is -1.99. The molecule has 16 heavy (non-hydrogen) atoms. The summed E-state index contributed by atoms with van der Waals surface area (Å²) in [6.07, 6.45) is 1.94. The van der Waals surface area contributed by atoms with Crippen LogP contribution in [0.15, 0.2) is 42.9 Å². The molecule has 0 saturated heterocycles. The first-order valence-corrected chi connectivity index (χ1v) is 4.59. The molecule has 0 aliphatic rings. The van der Waals surface area contributed by atoms with Crippen molar-refractivity contribution in [3.8, 4) is 0 Å².